The fourth-order valence-electron chi connectivity index (χ4n) is 4.72. The van der Waals surface area contributed by atoms with E-state index in [1.807, 2.05) is 40.7 Å². The lowest BCUT2D eigenvalue weighted by atomic mass is 9.73. The Bertz CT molecular complexity index is 943. The molecule has 1 unspecified atom stereocenters. The van der Waals surface area contributed by atoms with Gasteiger partial charge in [-0.1, -0.05) is 26.8 Å². The lowest BCUT2D eigenvalue weighted by molar-refractivity contribution is -0.121. The van der Waals surface area contributed by atoms with Crippen molar-refractivity contribution in [2.75, 3.05) is 11.4 Å². The number of nitrogens with two attached hydrogens (primary N) is 1. The second-order valence-electron chi connectivity index (χ2n) is 9.53. The summed E-state index contributed by atoms with van der Waals surface area (Å²) in [5.41, 5.74) is 11.9. The third-order valence-electron chi connectivity index (χ3n) is 6.02. The van der Waals surface area contributed by atoms with Crippen molar-refractivity contribution in [3.63, 3.8) is 0 Å². The van der Waals surface area contributed by atoms with Crippen LogP contribution in [0.15, 0.2) is 30.3 Å². The maximum atomic E-state index is 12.5. The van der Waals surface area contributed by atoms with Gasteiger partial charge in [-0.2, -0.15) is 8.78 Å². The Balaban J connectivity index is 1.92. The summed E-state index contributed by atoms with van der Waals surface area (Å²) < 4.78 is 29.7. The standard InChI is InChI=1S/C25H32F2N2O2/c1-15-11-19(12-16(2)21(15)22(23(28)30)25(3,4)5)29-10-6-7-17-13-20(31-24(26)27)9-8-18(17)14-29/h8-9,11-13,22,24H,6-7,10,14H2,1-5H3,(H2,28,30). The lowest BCUT2D eigenvalue weighted by Crippen LogP contribution is -2.33. The van der Waals surface area contributed by atoms with E-state index in [0.29, 0.717) is 6.54 Å². The van der Waals surface area contributed by atoms with Gasteiger partial charge in [0.15, 0.2) is 0 Å². The van der Waals surface area contributed by atoms with Crippen molar-refractivity contribution in [2.24, 2.45) is 11.1 Å². The summed E-state index contributed by atoms with van der Waals surface area (Å²) in [4.78, 5) is 14.6. The van der Waals surface area contributed by atoms with Gasteiger partial charge in [0.1, 0.15) is 5.75 Å². The predicted molar refractivity (Wildman–Crippen MR) is 120 cm³/mol. The van der Waals surface area contributed by atoms with Gasteiger partial charge in [0.05, 0.1) is 5.92 Å². The number of rotatable bonds is 5. The molecule has 0 bridgehead atoms. The van der Waals surface area contributed by atoms with Crippen LogP contribution in [0.3, 0.4) is 0 Å². The average molecular weight is 431 g/mol. The average Bonchev–Trinajstić information content (AvgIpc) is 2.84. The molecule has 2 aromatic carbocycles. The van der Waals surface area contributed by atoms with Crippen molar-refractivity contribution < 1.29 is 18.3 Å². The van der Waals surface area contributed by atoms with Crippen LogP contribution < -0.4 is 15.4 Å². The number of carbonyl (C=O) groups excluding carboxylic acids is 1. The van der Waals surface area contributed by atoms with Crippen LogP contribution in [0.25, 0.3) is 0 Å². The number of aryl methyl sites for hydroxylation is 3. The highest BCUT2D eigenvalue weighted by molar-refractivity contribution is 5.84. The van der Waals surface area contributed by atoms with Gasteiger partial charge in [-0.05, 0) is 84.2 Å². The monoisotopic (exact) mass is 430 g/mol. The first kappa shape index (κ1) is 23.0. The van der Waals surface area contributed by atoms with Gasteiger partial charge >= 0.3 is 6.61 Å². The first-order chi connectivity index (χ1) is 14.5. The number of anilines is 1. The highest BCUT2D eigenvalue weighted by atomic mass is 19.3. The molecular formula is C25H32F2N2O2. The number of nitrogens with zero attached hydrogens (tertiary/aromatic N) is 1. The number of fused-ring (bicyclic) bond motifs is 1. The van der Waals surface area contributed by atoms with E-state index in [1.165, 1.54) is 0 Å². The molecule has 1 amide bonds. The number of hydrogen-bond donors (Lipinski definition) is 1. The van der Waals surface area contributed by atoms with E-state index < -0.39 is 6.61 Å². The predicted octanol–water partition coefficient (Wildman–Crippen LogP) is 5.47. The molecule has 168 valence electrons. The number of hydrogen-bond acceptors (Lipinski definition) is 3. The zero-order valence-corrected chi connectivity index (χ0v) is 19.0. The van der Waals surface area contributed by atoms with Crippen LogP contribution >= 0.6 is 0 Å². The van der Waals surface area contributed by atoms with Crippen LogP contribution in [-0.4, -0.2) is 19.1 Å². The van der Waals surface area contributed by atoms with E-state index in [4.69, 9.17) is 5.73 Å². The molecule has 0 radical (unpaired) electrons. The first-order valence-electron chi connectivity index (χ1n) is 10.7. The number of ether oxygens (including phenoxy) is 1. The van der Waals surface area contributed by atoms with E-state index in [0.717, 1.165) is 52.9 Å². The number of primary amides is 1. The molecule has 1 aliphatic rings. The topological polar surface area (TPSA) is 55.6 Å². The van der Waals surface area contributed by atoms with Crippen LogP contribution in [0, 0.1) is 19.3 Å². The molecule has 0 aromatic heterocycles. The summed E-state index contributed by atoms with van der Waals surface area (Å²) >= 11 is 0. The Labute approximate surface area is 183 Å². The Hall–Kier alpha value is -2.63. The molecule has 4 nitrogen and oxygen atoms in total. The van der Waals surface area contributed by atoms with Gasteiger partial charge in [0.25, 0.3) is 0 Å². The molecule has 3 rings (SSSR count). The summed E-state index contributed by atoms with van der Waals surface area (Å²) in [7, 11) is 0. The summed E-state index contributed by atoms with van der Waals surface area (Å²) in [6.07, 6.45) is 1.73. The third kappa shape index (κ3) is 5.17. The Morgan fingerprint density at radius 3 is 2.29 bits per heavy atom. The highest BCUT2D eigenvalue weighted by Gasteiger charge is 2.33. The molecular weight excluding hydrogens is 398 g/mol. The number of halogens is 2. The summed E-state index contributed by atoms with van der Waals surface area (Å²) in [5.74, 6) is -0.463. The second kappa shape index (κ2) is 8.85. The van der Waals surface area contributed by atoms with E-state index in [-0.39, 0.29) is 23.0 Å². The fraction of sp³-hybridized carbons (Fsp3) is 0.480. The van der Waals surface area contributed by atoms with Crippen LogP contribution in [-0.2, 0) is 17.8 Å². The maximum absolute atomic E-state index is 12.5. The van der Waals surface area contributed by atoms with Crippen molar-refractivity contribution in [1.29, 1.82) is 0 Å². The molecule has 2 aromatic rings. The number of amides is 1. The van der Waals surface area contributed by atoms with Crippen molar-refractivity contribution in [3.05, 3.63) is 58.1 Å². The highest BCUT2D eigenvalue weighted by Crippen LogP contribution is 2.40. The minimum absolute atomic E-state index is 0.206. The van der Waals surface area contributed by atoms with Crippen molar-refractivity contribution >= 4 is 11.6 Å². The Morgan fingerprint density at radius 2 is 1.74 bits per heavy atom. The van der Waals surface area contributed by atoms with Crippen molar-refractivity contribution in [2.45, 2.75) is 66.5 Å². The number of benzene rings is 2. The normalized spacial score (nSPS) is 15.4. The molecule has 0 saturated heterocycles. The van der Waals surface area contributed by atoms with Gasteiger partial charge < -0.3 is 15.4 Å². The largest absolute Gasteiger partial charge is 0.435 e. The molecule has 0 aliphatic carbocycles. The summed E-state index contributed by atoms with van der Waals surface area (Å²) in [6.45, 7) is 8.91. The molecule has 0 saturated carbocycles. The molecule has 1 aliphatic heterocycles. The zero-order chi connectivity index (χ0) is 22.9. The molecule has 6 heteroatoms. The second-order valence-corrected chi connectivity index (χ2v) is 9.53. The SMILES string of the molecule is Cc1cc(N2CCCc3cc(OC(F)F)ccc3C2)cc(C)c1C(C(N)=O)C(C)(C)C. The number of carbonyl (C=O) groups is 1. The molecule has 1 atom stereocenters. The van der Waals surface area contributed by atoms with Crippen LogP contribution in [0.1, 0.15) is 60.9 Å². The van der Waals surface area contributed by atoms with Crippen LogP contribution in [0.2, 0.25) is 0 Å². The maximum Gasteiger partial charge on any atom is 0.387 e. The van der Waals surface area contributed by atoms with E-state index in [2.05, 4.69) is 21.8 Å². The van der Waals surface area contributed by atoms with E-state index in [9.17, 15) is 13.6 Å². The summed E-state index contributed by atoms with van der Waals surface area (Å²) in [6, 6.07) is 9.47. The zero-order valence-electron chi connectivity index (χ0n) is 19.0. The fourth-order valence-corrected chi connectivity index (χ4v) is 4.72. The smallest absolute Gasteiger partial charge is 0.387 e. The number of alkyl halides is 2. The van der Waals surface area contributed by atoms with Crippen LogP contribution in [0.4, 0.5) is 14.5 Å². The van der Waals surface area contributed by atoms with Crippen molar-refractivity contribution in [3.8, 4) is 5.75 Å². The van der Waals surface area contributed by atoms with E-state index >= 15 is 0 Å². The third-order valence-corrected chi connectivity index (χ3v) is 6.02. The molecule has 31 heavy (non-hydrogen) atoms. The van der Waals surface area contributed by atoms with Gasteiger partial charge in [-0.3, -0.25) is 4.79 Å². The minimum atomic E-state index is -2.82. The lowest BCUT2D eigenvalue weighted by Gasteiger charge is -2.32. The first-order valence-corrected chi connectivity index (χ1v) is 10.7. The van der Waals surface area contributed by atoms with Gasteiger partial charge in [0.2, 0.25) is 5.91 Å². The van der Waals surface area contributed by atoms with Crippen molar-refractivity contribution in [1.82, 2.24) is 0 Å². The Kier molecular flexibility index (Phi) is 6.58. The van der Waals surface area contributed by atoms with E-state index in [1.54, 1.807) is 12.1 Å². The van der Waals surface area contributed by atoms with Gasteiger partial charge in [-0.15, -0.1) is 0 Å². The molecule has 2 N–H and O–H groups in total. The Morgan fingerprint density at radius 1 is 1.10 bits per heavy atom. The molecule has 0 spiro atoms. The van der Waals surface area contributed by atoms with Gasteiger partial charge in [-0.25, -0.2) is 0 Å². The van der Waals surface area contributed by atoms with Crippen LogP contribution in [0.5, 0.6) is 5.75 Å². The minimum Gasteiger partial charge on any atom is -0.435 e. The molecule has 0 fully saturated rings. The quantitative estimate of drug-likeness (QED) is 0.684. The molecule has 1 heterocycles. The van der Waals surface area contributed by atoms with Gasteiger partial charge in [0, 0.05) is 18.8 Å². The summed E-state index contributed by atoms with van der Waals surface area (Å²) in [5, 5.41) is 0.